The lowest BCUT2D eigenvalue weighted by Crippen LogP contribution is -1.99. The van der Waals surface area contributed by atoms with E-state index in [2.05, 4.69) is 20.2 Å². The van der Waals surface area contributed by atoms with Crippen LogP contribution in [0.2, 0.25) is 0 Å². The molecule has 0 spiro atoms. The van der Waals surface area contributed by atoms with Crippen molar-refractivity contribution in [1.29, 1.82) is 0 Å². The first-order valence-electron chi connectivity index (χ1n) is 5.58. The van der Waals surface area contributed by atoms with Crippen molar-refractivity contribution in [2.24, 2.45) is 10.2 Å². The van der Waals surface area contributed by atoms with E-state index in [0.717, 1.165) is 11.1 Å². The van der Waals surface area contributed by atoms with Crippen molar-refractivity contribution in [2.75, 3.05) is 11.5 Å². The Morgan fingerprint density at radius 1 is 1.11 bits per heavy atom. The van der Waals surface area contributed by atoms with E-state index in [-0.39, 0.29) is 17.5 Å². The van der Waals surface area contributed by atoms with Gasteiger partial charge >= 0.3 is 0 Å². The third kappa shape index (κ3) is 2.76. The van der Waals surface area contributed by atoms with Gasteiger partial charge in [0, 0.05) is 0 Å². The lowest BCUT2D eigenvalue weighted by Gasteiger charge is -2.03. The maximum Gasteiger partial charge on any atom is 0.246 e. The Morgan fingerprint density at radius 2 is 1.84 bits per heavy atom. The fourth-order valence-corrected chi connectivity index (χ4v) is 1.59. The van der Waals surface area contributed by atoms with E-state index >= 15 is 0 Å². The molecule has 2 rings (SSSR count). The number of nitrogens with two attached hydrogens (primary N) is 2. The highest BCUT2D eigenvalue weighted by Gasteiger charge is 2.09. The summed E-state index contributed by atoms with van der Waals surface area (Å²) in [4.78, 5) is 7.29. The molecule has 98 valence electrons. The number of anilines is 2. The summed E-state index contributed by atoms with van der Waals surface area (Å²) in [7, 11) is 0. The molecule has 1 aromatic carbocycles. The summed E-state index contributed by atoms with van der Waals surface area (Å²) >= 11 is 0. The molecule has 7 nitrogen and oxygen atoms in total. The van der Waals surface area contributed by atoms with Gasteiger partial charge in [-0.15, -0.1) is 10.2 Å². The molecule has 1 heterocycles. The van der Waals surface area contributed by atoms with Crippen LogP contribution in [0.1, 0.15) is 11.1 Å². The molecule has 0 saturated carbocycles. The zero-order valence-corrected chi connectivity index (χ0v) is 10.6. The molecule has 0 atom stereocenters. The van der Waals surface area contributed by atoms with Gasteiger partial charge in [0.2, 0.25) is 11.8 Å². The van der Waals surface area contributed by atoms with Crippen LogP contribution in [0.4, 0.5) is 23.1 Å². The highest BCUT2D eigenvalue weighted by molar-refractivity contribution is 5.64. The van der Waals surface area contributed by atoms with E-state index in [1.54, 1.807) is 0 Å². The molecule has 19 heavy (non-hydrogen) atoms. The molecule has 0 radical (unpaired) electrons. The predicted molar refractivity (Wildman–Crippen MR) is 72.6 cm³/mol. The van der Waals surface area contributed by atoms with Gasteiger partial charge in [0.25, 0.3) is 0 Å². The summed E-state index contributed by atoms with van der Waals surface area (Å²) in [6.45, 7) is 3.91. The zero-order valence-electron chi connectivity index (χ0n) is 10.6. The summed E-state index contributed by atoms with van der Waals surface area (Å²) < 4.78 is 0. The minimum atomic E-state index is -0.390. The van der Waals surface area contributed by atoms with Crippen molar-refractivity contribution in [3.63, 3.8) is 0 Å². The van der Waals surface area contributed by atoms with Gasteiger partial charge in [0.15, 0.2) is 11.5 Å². The summed E-state index contributed by atoms with van der Waals surface area (Å²) in [5.41, 5.74) is 13.7. The average molecular weight is 258 g/mol. The van der Waals surface area contributed by atoms with Gasteiger partial charge in [0.05, 0.1) is 5.69 Å². The molecule has 0 unspecified atom stereocenters. The summed E-state index contributed by atoms with van der Waals surface area (Å²) in [6.07, 6.45) is 0. The first-order chi connectivity index (χ1) is 8.97. The summed E-state index contributed by atoms with van der Waals surface area (Å²) in [5, 5.41) is 17.5. The molecular weight excluding hydrogens is 244 g/mol. The van der Waals surface area contributed by atoms with Crippen LogP contribution in [0.15, 0.2) is 28.4 Å². The molecule has 0 saturated heterocycles. The van der Waals surface area contributed by atoms with Crippen LogP contribution in [0.3, 0.4) is 0 Å². The number of rotatable bonds is 2. The number of hydrogen-bond acceptors (Lipinski definition) is 7. The quantitative estimate of drug-likeness (QED) is 0.713. The first-order valence-corrected chi connectivity index (χ1v) is 5.58. The fourth-order valence-electron chi connectivity index (χ4n) is 1.59. The number of aryl methyl sites for hydroxylation is 2. The lowest BCUT2D eigenvalue weighted by molar-refractivity contribution is 0.455. The molecule has 1 aromatic heterocycles. The molecule has 5 N–H and O–H groups in total. The third-order valence-corrected chi connectivity index (χ3v) is 2.52. The van der Waals surface area contributed by atoms with Crippen molar-refractivity contribution in [3.05, 3.63) is 29.3 Å². The Hall–Kier alpha value is -2.70. The number of benzene rings is 1. The number of aromatic nitrogens is 2. The second-order valence-corrected chi connectivity index (χ2v) is 4.13. The lowest BCUT2D eigenvalue weighted by atomic mass is 10.1. The van der Waals surface area contributed by atoms with Gasteiger partial charge in [-0.25, -0.2) is 0 Å². The average Bonchev–Trinajstić information content (AvgIpc) is 2.30. The topological polar surface area (TPSA) is 123 Å². The molecule has 0 aliphatic carbocycles. The second kappa shape index (κ2) is 4.89. The SMILES string of the molecule is Cc1ccc(/N=N/c2c(N)nc(N)nc2O)c(C)c1. The van der Waals surface area contributed by atoms with Crippen molar-refractivity contribution in [3.8, 4) is 5.88 Å². The fraction of sp³-hybridized carbons (Fsp3) is 0.167. The van der Waals surface area contributed by atoms with Crippen LogP contribution in [0, 0.1) is 13.8 Å². The van der Waals surface area contributed by atoms with Crippen LogP contribution in [-0.2, 0) is 0 Å². The molecular formula is C12H14N6O. The van der Waals surface area contributed by atoms with E-state index in [1.807, 2.05) is 32.0 Å². The van der Waals surface area contributed by atoms with E-state index < -0.39 is 5.88 Å². The van der Waals surface area contributed by atoms with Crippen LogP contribution < -0.4 is 11.5 Å². The van der Waals surface area contributed by atoms with Crippen LogP contribution in [0.5, 0.6) is 5.88 Å². The molecule has 0 amide bonds. The maximum absolute atomic E-state index is 9.60. The first kappa shape index (κ1) is 12.7. The van der Waals surface area contributed by atoms with Crippen molar-refractivity contribution >= 4 is 23.1 Å². The molecule has 7 heteroatoms. The van der Waals surface area contributed by atoms with Gasteiger partial charge < -0.3 is 16.6 Å². The molecule has 0 fully saturated rings. The van der Waals surface area contributed by atoms with Crippen LogP contribution >= 0.6 is 0 Å². The number of nitrogen functional groups attached to an aromatic ring is 2. The largest absolute Gasteiger partial charge is 0.492 e. The summed E-state index contributed by atoms with van der Waals surface area (Å²) in [6, 6.07) is 5.74. The minimum absolute atomic E-state index is 0.00850. The van der Waals surface area contributed by atoms with Gasteiger partial charge in [-0.1, -0.05) is 17.7 Å². The Morgan fingerprint density at radius 3 is 2.47 bits per heavy atom. The van der Waals surface area contributed by atoms with Crippen molar-refractivity contribution < 1.29 is 5.11 Å². The zero-order chi connectivity index (χ0) is 14.0. The van der Waals surface area contributed by atoms with E-state index in [0.29, 0.717) is 5.69 Å². The monoisotopic (exact) mass is 258 g/mol. The smallest absolute Gasteiger partial charge is 0.246 e. The second-order valence-electron chi connectivity index (χ2n) is 4.13. The number of nitrogens with zero attached hydrogens (tertiary/aromatic N) is 4. The normalized spacial score (nSPS) is 11.1. The van der Waals surface area contributed by atoms with Gasteiger partial charge in [-0.2, -0.15) is 9.97 Å². The van der Waals surface area contributed by atoms with Crippen LogP contribution in [-0.4, -0.2) is 15.1 Å². The molecule has 0 aliphatic rings. The third-order valence-electron chi connectivity index (χ3n) is 2.52. The van der Waals surface area contributed by atoms with Gasteiger partial charge in [-0.3, -0.25) is 0 Å². The maximum atomic E-state index is 9.60. The highest BCUT2D eigenvalue weighted by Crippen LogP contribution is 2.32. The standard InChI is InChI=1S/C12H14N6O/c1-6-3-4-8(7(2)5-6)17-18-9-10(13)15-12(14)16-11(9)19/h3-5H,1-2H3,(H5,13,14,15,16,19)/b18-17+. The Kier molecular flexibility index (Phi) is 3.28. The molecule has 2 aromatic rings. The van der Waals surface area contributed by atoms with Gasteiger partial charge in [-0.05, 0) is 25.5 Å². The Balaban J connectivity index is 2.38. The van der Waals surface area contributed by atoms with E-state index in [9.17, 15) is 5.11 Å². The summed E-state index contributed by atoms with van der Waals surface area (Å²) in [5.74, 6) is -0.516. The Labute approximate surface area is 110 Å². The van der Waals surface area contributed by atoms with Crippen molar-refractivity contribution in [1.82, 2.24) is 9.97 Å². The van der Waals surface area contributed by atoms with Gasteiger partial charge in [0.1, 0.15) is 0 Å². The predicted octanol–water partition coefficient (Wildman–Crippen LogP) is 2.38. The van der Waals surface area contributed by atoms with Crippen LogP contribution in [0.25, 0.3) is 0 Å². The van der Waals surface area contributed by atoms with Crippen molar-refractivity contribution in [2.45, 2.75) is 13.8 Å². The number of aromatic hydroxyl groups is 1. The minimum Gasteiger partial charge on any atom is -0.492 e. The molecule has 0 bridgehead atoms. The van der Waals surface area contributed by atoms with E-state index in [1.165, 1.54) is 0 Å². The molecule has 0 aliphatic heterocycles. The number of hydrogen-bond donors (Lipinski definition) is 3. The highest BCUT2D eigenvalue weighted by atomic mass is 16.3. The number of azo groups is 1. The van der Waals surface area contributed by atoms with E-state index in [4.69, 9.17) is 11.5 Å². The Bertz CT molecular complexity index is 630.